The fourth-order valence-electron chi connectivity index (χ4n) is 2.15. The van der Waals surface area contributed by atoms with Crippen molar-refractivity contribution in [2.45, 2.75) is 6.54 Å². The summed E-state index contributed by atoms with van der Waals surface area (Å²) in [5, 5.41) is 6.80. The Balaban J connectivity index is 1.46. The molecule has 0 saturated carbocycles. The molecule has 0 fully saturated rings. The van der Waals surface area contributed by atoms with Crippen molar-refractivity contribution >= 4 is 34.2 Å². The van der Waals surface area contributed by atoms with E-state index in [1.807, 2.05) is 36.4 Å². The normalized spacial score (nSPS) is 10.3. The van der Waals surface area contributed by atoms with Gasteiger partial charge in [-0.15, -0.1) is 0 Å². The molecule has 134 valence electrons. The second-order valence-electron chi connectivity index (χ2n) is 5.33. The van der Waals surface area contributed by atoms with Gasteiger partial charge in [-0.2, -0.15) is 5.10 Å². The van der Waals surface area contributed by atoms with Gasteiger partial charge in [0.25, 0.3) is 5.91 Å². The Morgan fingerprint density at radius 1 is 1.12 bits per heavy atom. The summed E-state index contributed by atoms with van der Waals surface area (Å²) in [6, 6.07) is 14.7. The number of halogens is 1. The van der Waals surface area contributed by atoms with Crippen LogP contribution in [0.5, 0.6) is 11.5 Å². The second kappa shape index (κ2) is 9.18. The highest BCUT2D eigenvalue weighted by Crippen LogP contribution is 2.18. The van der Waals surface area contributed by atoms with E-state index in [0.29, 0.717) is 30.3 Å². The monoisotopic (exact) mass is 464 g/mol. The summed E-state index contributed by atoms with van der Waals surface area (Å²) in [7, 11) is 0. The number of anilines is 1. The van der Waals surface area contributed by atoms with Crippen LogP contribution < -0.4 is 14.8 Å². The molecule has 3 aromatic rings. The number of ether oxygens (including phenoxy) is 2. The average Bonchev–Trinajstić information content (AvgIpc) is 3.15. The number of carbonyl (C=O) groups excluding carboxylic acids is 1. The summed E-state index contributed by atoms with van der Waals surface area (Å²) in [6.07, 6.45) is 3.11. The fourth-order valence-corrected chi connectivity index (χ4v) is 2.51. The second-order valence-corrected chi connectivity index (χ2v) is 6.57. The number of amides is 1. The molecule has 26 heavy (non-hydrogen) atoms. The van der Waals surface area contributed by atoms with Crippen molar-refractivity contribution in [1.82, 2.24) is 14.8 Å². The summed E-state index contributed by atoms with van der Waals surface area (Å²) in [5.74, 6) is 1.09. The molecule has 0 unspecified atom stereocenters. The summed E-state index contributed by atoms with van der Waals surface area (Å²) in [6.45, 7) is 0.995. The van der Waals surface area contributed by atoms with Crippen molar-refractivity contribution in [3.63, 3.8) is 0 Å². The Hall–Kier alpha value is -2.62. The molecular formula is C18H17IN4O3. The van der Waals surface area contributed by atoms with Gasteiger partial charge in [-0.25, -0.2) is 9.67 Å². The number of nitrogens with one attached hydrogen (secondary N) is 1. The lowest BCUT2D eigenvalue weighted by Gasteiger charge is -2.10. The van der Waals surface area contributed by atoms with Crippen molar-refractivity contribution in [3.8, 4) is 11.5 Å². The third kappa shape index (κ3) is 5.73. The van der Waals surface area contributed by atoms with E-state index in [2.05, 4.69) is 38.0 Å². The van der Waals surface area contributed by atoms with E-state index in [-0.39, 0.29) is 12.5 Å². The number of carbonyl (C=O) groups is 1. The highest BCUT2D eigenvalue weighted by atomic mass is 127. The summed E-state index contributed by atoms with van der Waals surface area (Å²) >= 11 is 2.21. The summed E-state index contributed by atoms with van der Waals surface area (Å²) < 4.78 is 13.9. The molecule has 8 heteroatoms. The van der Waals surface area contributed by atoms with Crippen LogP contribution >= 0.6 is 22.6 Å². The quantitative estimate of drug-likeness (QED) is 0.519. The maximum absolute atomic E-state index is 12.0. The topological polar surface area (TPSA) is 78.3 Å². The number of nitrogens with zero attached hydrogens (tertiary/aromatic N) is 3. The van der Waals surface area contributed by atoms with E-state index in [1.165, 1.54) is 6.33 Å². The van der Waals surface area contributed by atoms with Gasteiger partial charge in [-0.05, 0) is 59.0 Å². The molecule has 7 nitrogen and oxygen atoms in total. The highest BCUT2D eigenvalue weighted by molar-refractivity contribution is 14.1. The van der Waals surface area contributed by atoms with Crippen molar-refractivity contribution in [2.75, 3.05) is 18.5 Å². The van der Waals surface area contributed by atoms with E-state index in [9.17, 15) is 4.79 Å². The van der Waals surface area contributed by atoms with E-state index in [1.54, 1.807) is 23.1 Å². The van der Waals surface area contributed by atoms with E-state index >= 15 is 0 Å². The molecule has 1 amide bonds. The lowest BCUT2D eigenvalue weighted by Crippen LogP contribution is -2.20. The van der Waals surface area contributed by atoms with Crippen LogP contribution in [0.3, 0.4) is 0 Å². The van der Waals surface area contributed by atoms with Gasteiger partial charge in [0.05, 0.1) is 6.54 Å². The van der Waals surface area contributed by atoms with E-state index in [4.69, 9.17) is 9.47 Å². The minimum atomic E-state index is -0.233. The lowest BCUT2D eigenvalue weighted by atomic mass is 10.3. The third-order valence-corrected chi connectivity index (χ3v) is 4.08. The smallest absolute Gasteiger partial charge is 0.262 e. The first-order valence-electron chi connectivity index (χ1n) is 7.92. The van der Waals surface area contributed by atoms with Crippen LogP contribution in [-0.2, 0) is 11.3 Å². The van der Waals surface area contributed by atoms with Gasteiger partial charge in [0.2, 0.25) is 0 Å². The first-order chi connectivity index (χ1) is 12.7. The molecule has 1 aromatic heterocycles. The molecule has 2 aromatic carbocycles. The van der Waals surface area contributed by atoms with E-state index in [0.717, 1.165) is 3.57 Å². The zero-order valence-corrected chi connectivity index (χ0v) is 16.0. The number of benzene rings is 2. The molecule has 0 aliphatic rings. The van der Waals surface area contributed by atoms with Crippen LogP contribution in [-0.4, -0.2) is 33.9 Å². The summed E-state index contributed by atoms with van der Waals surface area (Å²) in [4.78, 5) is 15.9. The number of rotatable bonds is 8. The molecular weight excluding hydrogens is 447 g/mol. The Morgan fingerprint density at radius 2 is 1.96 bits per heavy atom. The molecule has 0 saturated heterocycles. The third-order valence-electron chi connectivity index (χ3n) is 3.36. The minimum Gasteiger partial charge on any atom is -0.492 e. The number of aromatic nitrogens is 3. The van der Waals surface area contributed by atoms with Crippen LogP contribution in [0, 0.1) is 3.57 Å². The molecule has 1 heterocycles. The maximum atomic E-state index is 12.0. The molecule has 0 aliphatic heterocycles. The zero-order chi connectivity index (χ0) is 18.2. The fraction of sp³-hybridized carbons (Fsp3) is 0.167. The molecule has 0 atom stereocenters. The predicted molar refractivity (Wildman–Crippen MR) is 105 cm³/mol. The molecule has 0 spiro atoms. The lowest BCUT2D eigenvalue weighted by molar-refractivity contribution is -0.118. The molecule has 3 rings (SSSR count). The zero-order valence-electron chi connectivity index (χ0n) is 13.8. The predicted octanol–water partition coefficient (Wildman–Crippen LogP) is 2.98. The largest absolute Gasteiger partial charge is 0.492 e. The van der Waals surface area contributed by atoms with Crippen molar-refractivity contribution in [2.24, 2.45) is 0 Å². The number of hydrogen-bond acceptors (Lipinski definition) is 5. The van der Waals surface area contributed by atoms with E-state index < -0.39 is 0 Å². The van der Waals surface area contributed by atoms with Crippen molar-refractivity contribution in [1.29, 1.82) is 0 Å². The first-order valence-corrected chi connectivity index (χ1v) is 9.00. The Morgan fingerprint density at radius 3 is 2.73 bits per heavy atom. The first kappa shape index (κ1) is 18.2. The van der Waals surface area contributed by atoms with Gasteiger partial charge in [-0.3, -0.25) is 4.79 Å². The van der Waals surface area contributed by atoms with Crippen LogP contribution in [0.15, 0.2) is 61.2 Å². The summed E-state index contributed by atoms with van der Waals surface area (Å²) in [5.41, 5.74) is 0.652. The van der Waals surface area contributed by atoms with Crippen LogP contribution in [0.2, 0.25) is 0 Å². The van der Waals surface area contributed by atoms with Crippen LogP contribution in [0.4, 0.5) is 5.69 Å². The van der Waals surface area contributed by atoms with Gasteiger partial charge in [-0.1, -0.05) is 6.07 Å². The van der Waals surface area contributed by atoms with Crippen LogP contribution in [0.25, 0.3) is 0 Å². The SMILES string of the molecule is O=C(COc1ccc(I)cc1)Nc1cccc(OCCn2cncn2)c1. The minimum absolute atomic E-state index is 0.0576. The number of hydrogen-bond donors (Lipinski definition) is 1. The van der Waals surface area contributed by atoms with Gasteiger partial charge >= 0.3 is 0 Å². The van der Waals surface area contributed by atoms with Gasteiger partial charge in [0, 0.05) is 15.3 Å². The molecule has 0 aliphatic carbocycles. The van der Waals surface area contributed by atoms with Crippen molar-refractivity contribution < 1.29 is 14.3 Å². The Labute approximate surface area is 164 Å². The van der Waals surface area contributed by atoms with Gasteiger partial charge in [0.1, 0.15) is 30.8 Å². The van der Waals surface area contributed by atoms with Crippen LogP contribution in [0.1, 0.15) is 0 Å². The molecule has 1 N–H and O–H groups in total. The maximum Gasteiger partial charge on any atom is 0.262 e. The average molecular weight is 464 g/mol. The van der Waals surface area contributed by atoms with Gasteiger partial charge < -0.3 is 14.8 Å². The Kier molecular flexibility index (Phi) is 6.42. The standard InChI is InChI=1S/C18H17IN4O3/c19-14-4-6-16(7-5-14)26-11-18(24)22-15-2-1-3-17(10-15)25-9-8-23-13-20-12-21-23/h1-7,10,12-13H,8-9,11H2,(H,22,24). The van der Waals surface area contributed by atoms with Gasteiger partial charge in [0.15, 0.2) is 6.61 Å². The highest BCUT2D eigenvalue weighted by Gasteiger charge is 2.05. The molecule has 0 radical (unpaired) electrons. The molecule has 0 bridgehead atoms. The Bertz CT molecular complexity index is 838. The van der Waals surface area contributed by atoms with Crippen molar-refractivity contribution in [3.05, 3.63) is 64.8 Å².